The van der Waals surface area contributed by atoms with Crippen molar-refractivity contribution in [3.05, 3.63) is 36.7 Å². The number of hydrogen-bond donors (Lipinski definition) is 1. The second kappa shape index (κ2) is 8.36. The fourth-order valence-corrected chi connectivity index (χ4v) is 2.23. The minimum Gasteiger partial charge on any atom is -0.497 e. The first-order valence-electron chi connectivity index (χ1n) is 8.02. The van der Waals surface area contributed by atoms with Crippen molar-refractivity contribution in [1.82, 2.24) is 15.1 Å². The predicted octanol–water partition coefficient (Wildman–Crippen LogP) is 3.11. The van der Waals surface area contributed by atoms with Crippen molar-refractivity contribution in [2.45, 2.75) is 33.2 Å². The third kappa shape index (κ3) is 5.43. The Balaban J connectivity index is 1.81. The van der Waals surface area contributed by atoms with Crippen LogP contribution < -0.4 is 10.1 Å². The highest BCUT2D eigenvalue weighted by Gasteiger charge is 2.05. The molecule has 5 nitrogen and oxygen atoms in total. The van der Waals surface area contributed by atoms with E-state index in [4.69, 9.17) is 4.74 Å². The molecule has 1 aromatic heterocycles. The van der Waals surface area contributed by atoms with Gasteiger partial charge in [0, 0.05) is 31.3 Å². The van der Waals surface area contributed by atoms with Gasteiger partial charge in [0.15, 0.2) is 0 Å². The fourth-order valence-electron chi connectivity index (χ4n) is 2.23. The van der Waals surface area contributed by atoms with Crippen LogP contribution in [-0.2, 0) is 11.3 Å². The van der Waals surface area contributed by atoms with E-state index in [-0.39, 0.29) is 5.91 Å². The summed E-state index contributed by atoms with van der Waals surface area (Å²) in [6.45, 7) is 5.66. The van der Waals surface area contributed by atoms with Crippen LogP contribution in [0.25, 0.3) is 11.1 Å². The maximum atomic E-state index is 11.7. The van der Waals surface area contributed by atoms with E-state index in [2.05, 4.69) is 24.3 Å². The first-order chi connectivity index (χ1) is 11.1. The van der Waals surface area contributed by atoms with Crippen LogP contribution >= 0.6 is 0 Å². The molecule has 0 fully saturated rings. The van der Waals surface area contributed by atoms with Crippen LogP contribution in [0.3, 0.4) is 0 Å². The zero-order chi connectivity index (χ0) is 16.7. The average molecular weight is 315 g/mol. The Hall–Kier alpha value is -2.30. The second-order valence-corrected chi connectivity index (χ2v) is 6.02. The standard InChI is InChI=1S/C18H25N3O2/c1-14(2)11-19-18(22)5-4-10-21-13-16(12-20-21)15-6-8-17(23-3)9-7-15/h6-9,12-14H,4-5,10-11H2,1-3H3,(H,19,22). The van der Waals surface area contributed by atoms with E-state index in [1.54, 1.807) is 7.11 Å². The van der Waals surface area contributed by atoms with Gasteiger partial charge in [0.1, 0.15) is 5.75 Å². The summed E-state index contributed by atoms with van der Waals surface area (Å²) < 4.78 is 7.05. The molecular weight excluding hydrogens is 290 g/mol. The number of nitrogens with zero attached hydrogens (tertiary/aromatic N) is 2. The van der Waals surface area contributed by atoms with Crippen LogP contribution in [0, 0.1) is 5.92 Å². The molecule has 0 aliphatic rings. The first-order valence-corrected chi connectivity index (χ1v) is 8.02. The molecule has 0 saturated heterocycles. The summed E-state index contributed by atoms with van der Waals surface area (Å²) in [5.74, 6) is 1.44. The topological polar surface area (TPSA) is 56.2 Å². The summed E-state index contributed by atoms with van der Waals surface area (Å²) in [6.07, 6.45) is 5.17. The van der Waals surface area contributed by atoms with Crippen molar-refractivity contribution < 1.29 is 9.53 Å². The Morgan fingerprint density at radius 2 is 2.00 bits per heavy atom. The number of ether oxygens (including phenoxy) is 1. The van der Waals surface area contributed by atoms with E-state index >= 15 is 0 Å². The zero-order valence-corrected chi connectivity index (χ0v) is 14.1. The highest BCUT2D eigenvalue weighted by molar-refractivity contribution is 5.75. The Labute approximate surface area is 137 Å². The first kappa shape index (κ1) is 17.1. The molecule has 1 amide bonds. The smallest absolute Gasteiger partial charge is 0.220 e. The Bertz CT molecular complexity index is 617. The fraction of sp³-hybridized carbons (Fsp3) is 0.444. The van der Waals surface area contributed by atoms with Crippen molar-refractivity contribution >= 4 is 5.91 Å². The summed E-state index contributed by atoms with van der Waals surface area (Å²) in [5.41, 5.74) is 2.17. The molecular formula is C18H25N3O2. The van der Waals surface area contributed by atoms with E-state index in [0.29, 0.717) is 12.3 Å². The van der Waals surface area contributed by atoms with Gasteiger partial charge < -0.3 is 10.1 Å². The van der Waals surface area contributed by atoms with E-state index in [9.17, 15) is 4.79 Å². The summed E-state index contributed by atoms with van der Waals surface area (Å²) in [6, 6.07) is 7.90. The van der Waals surface area contributed by atoms with Gasteiger partial charge in [-0.1, -0.05) is 26.0 Å². The number of carbonyl (C=O) groups excluding carboxylic acids is 1. The number of nitrogens with one attached hydrogen (secondary N) is 1. The number of carbonyl (C=O) groups is 1. The van der Waals surface area contributed by atoms with Crippen LogP contribution in [0.4, 0.5) is 0 Å². The molecule has 0 spiro atoms. The molecule has 1 N–H and O–H groups in total. The highest BCUT2D eigenvalue weighted by Crippen LogP contribution is 2.21. The molecule has 0 radical (unpaired) electrons. The third-order valence-corrected chi connectivity index (χ3v) is 3.56. The van der Waals surface area contributed by atoms with Crippen molar-refractivity contribution in [3.63, 3.8) is 0 Å². The number of benzene rings is 1. The van der Waals surface area contributed by atoms with Gasteiger partial charge in [-0.3, -0.25) is 9.48 Å². The predicted molar refractivity (Wildman–Crippen MR) is 91.3 cm³/mol. The molecule has 124 valence electrons. The number of amides is 1. The second-order valence-electron chi connectivity index (χ2n) is 6.02. The molecule has 0 unspecified atom stereocenters. The SMILES string of the molecule is COc1ccc(-c2cnn(CCCC(=O)NCC(C)C)c2)cc1. The van der Waals surface area contributed by atoms with Gasteiger partial charge >= 0.3 is 0 Å². The lowest BCUT2D eigenvalue weighted by Crippen LogP contribution is -2.27. The molecule has 23 heavy (non-hydrogen) atoms. The van der Waals surface area contributed by atoms with E-state index in [1.807, 2.05) is 41.3 Å². The van der Waals surface area contributed by atoms with Crippen molar-refractivity contribution in [1.29, 1.82) is 0 Å². The summed E-state index contributed by atoms with van der Waals surface area (Å²) in [5, 5.41) is 7.29. The van der Waals surface area contributed by atoms with Crippen LogP contribution in [0.15, 0.2) is 36.7 Å². The Morgan fingerprint density at radius 3 is 2.65 bits per heavy atom. The lowest BCUT2D eigenvalue weighted by Gasteiger charge is -2.07. The monoisotopic (exact) mass is 315 g/mol. The molecule has 0 aliphatic heterocycles. The van der Waals surface area contributed by atoms with Crippen LogP contribution in [0.5, 0.6) is 5.75 Å². The van der Waals surface area contributed by atoms with Gasteiger partial charge in [-0.15, -0.1) is 0 Å². The molecule has 2 rings (SSSR count). The van der Waals surface area contributed by atoms with Gasteiger partial charge in [-0.05, 0) is 30.0 Å². The number of aryl methyl sites for hydroxylation is 1. The molecule has 2 aromatic rings. The van der Waals surface area contributed by atoms with Crippen LogP contribution in [-0.4, -0.2) is 29.3 Å². The molecule has 0 aliphatic carbocycles. The van der Waals surface area contributed by atoms with E-state index in [0.717, 1.165) is 36.4 Å². The van der Waals surface area contributed by atoms with Gasteiger partial charge in [0.25, 0.3) is 0 Å². The Morgan fingerprint density at radius 1 is 1.26 bits per heavy atom. The highest BCUT2D eigenvalue weighted by atomic mass is 16.5. The van der Waals surface area contributed by atoms with Gasteiger partial charge in [-0.25, -0.2) is 0 Å². The maximum absolute atomic E-state index is 11.7. The molecule has 0 saturated carbocycles. The lowest BCUT2D eigenvalue weighted by atomic mass is 10.1. The van der Waals surface area contributed by atoms with Gasteiger partial charge in [0.2, 0.25) is 5.91 Å². The van der Waals surface area contributed by atoms with E-state index < -0.39 is 0 Å². The molecule has 5 heteroatoms. The third-order valence-electron chi connectivity index (χ3n) is 3.56. The van der Waals surface area contributed by atoms with Gasteiger partial charge in [-0.2, -0.15) is 5.10 Å². The van der Waals surface area contributed by atoms with Crippen LogP contribution in [0.2, 0.25) is 0 Å². The van der Waals surface area contributed by atoms with Crippen molar-refractivity contribution in [3.8, 4) is 16.9 Å². The number of aromatic nitrogens is 2. The van der Waals surface area contributed by atoms with E-state index in [1.165, 1.54) is 0 Å². The molecule has 0 bridgehead atoms. The van der Waals surface area contributed by atoms with Gasteiger partial charge in [0.05, 0.1) is 13.3 Å². The summed E-state index contributed by atoms with van der Waals surface area (Å²) in [4.78, 5) is 11.7. The molecule has 1 aromatic carbocycles. The maximum Gasteiger partial charge on any atom is 0.220 e. The van der Waals surface area contributed by atoms with Crippen molar-refractivity contribution in [2.24, 2.45) is 5.92 Å². The number of hydrogen-bond acceptors (Lipinski definition) is 3. The lowest BCUT2D eigenvalue weighted by molar-refractivity contribution is -0.121. The molecule has 0 atom stereocenters. The van der Waals surface area contributed by atoms with Crippen molar-refractivity contribution in [2.75, 3.05) is 13.7 Å². The number of rotatable bonds is 8. The minimum absolute atomic E-state index is 0.112. The Kier molecular flexibility index (Phi) is 6.20. The summed E-state index contributed by atoms with van der Waals surface area (Å²) in [7, 11) is 1.66. The van der Waals surface area contributed by atoms with Crippen LogP contribution in [0.1, 0.15) is 26.7 Å². The number of methoxy groups -OCH3 is 1. The zero-order valence-electron chi connectivity index (χ0n) is 14.1. The molecule has 1 heterocycles. The largest absolute Gasteiger partial charge is 0.497 e. The minimum atomic E-state index is 0.112. The normalized spacial score (nSPS) is 10.8. The quantitative estimate of drug-likeness (QED) is 0.814. The summed E-state index contributed by atoms with van der Waals surface area (Å²) >= 11 is 0. The average Bonchev–Trinajstić information content (AvgIpc) is 3.02.